The predicted octanol–water partition coefficient (Wildman–Crippen LogP) is 3.26. The van der Waals surface area contributed by atoms with Gasteiger partial charge in [0.05, 0.1) is 19.9 Å². The number of benzene rings is 1. The summed E-state index contributed by atoms with van der Waals surface area (Å²) in [5, 5.41) is 10.3. The molecule has 1 aromatic rings. The van der Waals surface area contributed by atoms with Crippen molar-refractivity contribution in [3.05, 3.63) is 37.0 Å². The van der Waals surface area contributed by atoms with E-state index in [4.69, 9.17) is 0 Å². The summed E-state index contributed by atoms with van der Waals surface area (Å²) < 4.78 is 13.2. The molecule has 0 fully saturated rings. The molecule has 0 aliphatic rings. The van der Waals surface area contributed by atoms with Crippen molar-refractivity contribution in [2.45, 2.75) is 0 Å². The van der Waals surface area contributed by atoms with Crippen LogP contribution in [0.1, 0.15) is 0 Å². The highest BCUT2D eigenvalue weighted by Crippen LogP contribution is 2.30. The molecular formula is C6H2Br2FNO2. The van der Waals surface area contributed by atoms with E-state index in [1.54, 1.807) is 0 Å². The van der Waals surface area contributed by atoms with Crippen LogP contribution in [0.4, 0.5) is 10.1 Å². The van der Waals surface area contributed by atoms with E-state index in [0.29, 0.717) is 0 Å². The quantitative estimate of drug-likeness (QED) is 0.454. The summed E-state index contributed by atoms with van der Waals surface area (Å²) in [5.41, 5.74) is -0.282. The topological polar surface area (TPSA) is 43.1 Å². The minimum Gasteiger partial charge on any atom is -0.258 e. The molecule has 0 saturated heterocycles. The lowest BCUT2D eigenvalue weighted by Crippen LogP contribution is -1.91. The number of nitrogens with zero attached hydrogens (tertiary/aromatic N) is 1. The molecule has 0 bridgehead atoms. The first-order valence-electron chi connectivity index (χ1n) is 2.81. The van der Waals surface area contributed by atoms with Crippen molar-refractivity contribution in [3.63, 3.8) is 0 Å². The van der Waals surface area contributed by atoms with Gasteiger partial charge < -0.3 is 0 Å². The van der Waals surface area contributed by atoms with E-state index in [0.717, 1.165) is 6.07 Å². The third-order valence-electron chi connectivity index (χ3n) is 1.19. The Bertz CT molecular complexity index is 343. The lowest BCUT2D eigenvalue weighted by Gasteiger charge is -1.96. The molecule has 1 rings (SSSR count). The van der Waals surface area contributed by atoms with Crippen LogP contribution >= 0.6 is 31.9 Å². The molecule has 3 nitrogen and oxygen atoms in total. The van der Waals surface area contributed by atoms with Crippen molar-refractivity contribution in [2.75, 3.05) is 0 Å². The lowest BCUT2D eigenvalue weighted by atomic mass is 10.3. The molecular weight excluding hydrogens is 297 g/mol. The molecule has 0 aliphatic carbocycles. The van der Waals surface area contributed by atoms with E-state index in [1.807, 2.05) is 0 Å². The number of hydrogen-bond acceptors (Lipinski definition) is 2. The fraction of sp³-hybridized carbons (Fsp3) is 0. The molecule has 0 radical (unpaired) electrons. The molecule has 64 valence electrons. The van der Waals surface area contributed by atoms with Crippen molar-refractivity contribution in [1.29, 1.82) is 0 Å². The summed E-state index contributed by atoms with van der Waals surface area (Å²) in [5.74, 6) is -0.648. The molecule has 12 heavy (non-hydrogen) atoms. The zero-order valence-electron chi connectivity index (χ0n) is 5.55. The molecule has 1 aromatic carbocycles. The second-order valence-electron chi connectivity index (χ2n) is 1.97. The Kier molecular flexibility index (Phi) is 2.79. The highest BCUT2D eigenvalue weighted by atomic mass is 79.9. The average Bonchev–Trinajstić information content (AvgIpc) is 1.96. The van der Waals surface area contributed by atoms with Gasteiger partial charge in [-0.05, 0) is 37.9 Å². The third-order valence-corrected chi connectivity index (χ3v) is 2.43. The fourth-order valence-corrected chi connectivity index (χ4v) is 1.79. The average molecular weight is 299 g/mol. The third kappa shape index (κ3) is 1.81. The maximum absolute atomic E-state index is 12.7. The van der Waals surface area contributed by atoms with Gasteiger partial charge in [0, 0.05) is 0 Å². The van der Waals surface area contributed by atoms with Crippen molar-refractivity contribution in [3.8, 4) is 0 Å². The van der Waals surface area contributed by atoms with Gasteiger partial charge in [0.2, 0.25) is 0 Å². The summed E-state index contributed by atoms with van der Waals surface area (Å²) in [7, 11) is 0. The van der Waals surface area contributed by atoms with Gasteiger partial charge >= 0.3 is 0 Å². The Morgan fingerprint density at radius 1 is 1.33 bits per heavy atom. The van der Waals surface area contributed by atoms with Crippen LogP contribution in [-0.2, 0) is 0 Å². The number of nitro groups is 1. The summed E-state index contributed by atoms with van der Waals surface area (Å²) in [6.45, 7) is 0. The van der Waals surface area contributed by atoms with Crippen LogP contribution in [0, 0.1) is 15.9 Å². The van der Waals surface area contributed by atoms with Gasteiger partial charge in [-0.1, -0.05) is 0 Å². The van der Waals surface area contributed by atoms with Crippen LogP contribution in [-0.4, -0.2) is 4.92 Å². The number of rotatable bonds is 1. The maximum Gasteiger partial charge on any atom is 0.286 e. The molecule has 0 atom stereocenters. The van der Waals surface area contributed by atoms with Crippen LogP contribution in [0.15, 0.2) is 21.1 Å². The zero-order chi connectivity index (χ0) is 9.30. The van der Waals surface area contributed by atoms with Gasteiger partial charge in [-0.25, -0.2) is 4.39 Å². The smallest absolute Gasteiger partial charge is 0.258 e. The Labute approximate surface area is 84.0 Å². The summed E-state index contributed by atoms with van der Waals surface area (Å²) in [6, 6.07) is 2.15. The Hall–Kier alpha value is -0.490. The van der Waals surface area contributed by atoms with E-state index in [-0.39, 0.29) is 14.6 Å². The van der Waals surface area contributed by atoms with Gasteiger partial charge in [0.25, 0.3) is 5.69 Å². The lowest BCUT2D eigenvalue weighted by molar-refractivity contribution is -0.385. The molecule has 0 N–H and O–H groups in total. The fourth-order valence-electron chi connectivity index (χ4n) is 0.652. The first-order chi connectivity index (χ1) is 5.52. The molecule has 0 spiro atoms. The molecule has 0 aliphatic heterocycles. The van der Waals surface area contributed by atoms with Crippen molar-refractivity contribution in [1.82, 2.24) is 0 Å². The predicted molar refractivity (Wildman–Crippen MR) is 48.5 cm³/mol. The second-order valence-corrected chi connectivity index (χ2v) is 3.68. The highest BCUT2D eigenvalue weighted by molar-refractivity contribution is 9.11. The van der Waals surface area contributed by atoms with E-state index >= 15 is 0 Å². The Morgan fingerprint density at radius 2 is 1.92 bits per heavy atom. The highest BCUT2D eigenvalue weighted by Gasteiger charge is 2.14. The van der Waals surface area contributed by atoms with Crippen LogP contribution < -0.4 is 0 Å². The Morgan fingerprint density at radius 3 is 2.42 bits per heavy atom. The van der Waals surface area contributed by atoms with Crippen molar-refractivity contribution < 1.29 is 9.31 Å². The van der Waals surface area contributed by atoms with Crippen LogP contribution in [0.5, 0.6) is 0 Å². The van der Waals surface area contributed by atoms with Gasteiger partial charge in [-0.3, -0.25) is 10.1 Å². The van der Waals surface area contributed by atoms with Gasteiger partial charge in [-0.15, -0.1) is 0 Å². The van der Waals surface area contributed by atoms with Crippen molar-refractivity contribution >= 4 is 37.5 Å². The molecule has 0 unspecified atom stereocenters. The summed E-state index contributed by atoms with van der Waals surface area (Å²) in [6.07, 6.45) is 0. The van der Waals surface area contributed by atoms with E-state index in [2.05, 4.69) is 31.9 Å². The van der Waals surface area contributed by atoms with E-state index in [9.17, 15) is 14.5 Å². The molecule has 0 amide bonds. The SMILES string of the molecule is O=[N+]([O-])c1cc(F)c(Br)cc1Br. The normalized spacial score (nSPS) is 9.92. The summed E-state index contributed by atoms with van der Waals surface area (Å²) >= 11 is 5.85. The van der Waals surface area contributed by atoms with Crippen LogP contribution in [0.2, 0.25) is 0 Å². The van der Waals surface area contributed by atoms with Gasteiger partial charge in [0.1, 0.15) is 5.82 Å². The Balaban J connectivity index is 3.33. The first-order valence-corrected chi connectivity index (χ1v) is 4.40. The monoisotopic (exact) mass is 297 g/mol. The van der Waals surface area contributed by atoms with Gasteiger partial charge in [0.15, 0.2) is 0 Å². The summed E-state index contributed by atoms with van der Waals surface area (Å²) in [4.78, 5) is 9.63. The first kappa shape index (κ1) is 9.60. The molecule has 0 heterocycles. The van der Waals surface area contributed by atoms with Gasteiger partial charge in [-0.2, -0.15) is 0 Å². The molecule has 0 aromatic heterocycles. The van der Waals surface area contributed by atoms with Crippen molar-refractivity contribution in [2.24, 2.45) is 0 Å². The largest absolute Gasteiger partial charge is 0.286 e. The number of nitro benzene ring substituents is 1. The number of halogens is 3. The molecule has 0 saturated carbocycles. The minimum absolute atomic E-state index is 0.194. The van der Waals surface area contributed by atoms with Crippen LogP contribution in [0.3, 0.4) is 0 Å². The minimum atomic E-state index is -0.653. The maximum atomic E-state index is 12.7. The van der Waals surface area contributed by atoms with E-state index in [1.165, 1.54) is 6.07 Å². The van der Waals surface area contributed by atoms with Crippen LogP contribution in [0.25, 0.3) is 0 Å². The standard InChI is InChI=1S/C6H2Br2FNO2/c7-3-1-4(8)6(10(11)12)2-5(3)9/h1-2H. The molecule has 6 heteroatoms. The number of hydrogen-bond donors (Lipinski definition) is 0. The zero-order valence-corrected chi connectivity index (χ0v) is 8.72. The van der Waals surface area contributed by atoms with E-state index < -0.39 is 10.7 Å². The second kappa shape index (κ2) is 3.49.